The second-order valence-electron chi connectivity index (χ2n) is 4.49. The third-order valence-electron chi connectivity index (χ3n) is 3.03. The maximum Gasteiger partial charge on any atom is 0.170 e. The van der Waals surface area contributed by atoms with Crippen molar-refractivity contribution < 1.29 is 14.3 Å². The van der Waals surface area contributed by atoms with E-state index in [1.165, 1.54) is 18.2 Å². The van der Waals surface area contributed by atoms with E-state index >= 15 is 0 Å². The third kappa shape index (κ3) is 3.64. The fraction of sp³-hybridized carbons (Fsp3) is 0.133. The van der Waals surface area contributed by atoms with Crippen LogP contribution in [-0.4, -0.2) is 11.0 Å². The number of ether oxygens (including phenoxy) is 1. The van der Waals surface area contributed by atoms with Crippen molar-refractivity contribution >= 4 is 17.4 Å². The van der Waals surface area contributed by atoms with Crippen LogP contribution in [0.1, 0.15) is 16.7 Å². The Morgan fingerprint density at radius 3 is 2.76 bits per heavy atom. The summed E-state index contributed by atoms with van der Waals surface area (Å²) in [6.07, 6.45) is 0. The molecule has 2 aromatic carbocycles. The molecule has 0 spiro atoms. The SMILES string of the molecule is Cc1ccc(F)cc1COc1ccc(/C(N)=N/O)cc1Cl. The van der Waals surface area contributed by atoms with Gasteiger partial charge in [-0.1, -0.05) is 22.8 Å². The van der Waals surface area contributed by atoms with Crippen LogP contribution in [0.15, 0.2) is 41.6 Å². The zero-order chi connectivity index (χ0) is 15.4. The predicted octanol–water partition coefficient (Wildman–Crippen LogP) is 3.46. The summed E-state index contributed by atoms with van der Waals surface area (Å²) < 4.78 is 18.8. The van der Waals surface area contributed by atoms with Crippen LogP contribution in [-0.2, 0) is 6.61 Å². The van der Waals surface area contributed by atoms with Crippen molar-refractivity contribution in [3.63, 3.8) is 0 Å². The first-order valence-corrected chi connectivity index (χ1v) is 6.54. The number of nitrogens with zero attached hydrogens (tertiary/aromatic N) is 1. The van der Waals surface area contributed by atoms with Crippen molar-refractivity contribution in [2.45, 2.75) is 13.5 Å². The molecule has 0 aliphatic carbocycles. The Hall–Kier alpha value is -2.27. The minimum absolute atomic E-state index is 0.0376. The summed E-state index contributed by atoms with van der Waals surface area (Å²) in [6, 6.07) is 9.28. The smallest absolute Gasteiger partial charge is 0.170 e. The van der Waals surface area contributed by atoms with Crippen LogP contribution < -0.4 is 10.5 Å². The largest absolute Gasteiger partial charge is 0.487 e. The first kappa shape index (κ1) is 15.1. The first-order valence-electron chi connectivity index (χ1n) is 6.16. The Labute approximate surface area is 126 Å². The van der Waals surface area contributed by atoms with Crippen LogP contribution >= 0.6 is 11.6 Å². The monoisotopic (exact) mass is 308 g/mol. The van der Waals surface area contributed by atoms with Gasteiger partial charge in [0.2, 0.25) is 0 Å². The van der Waals surface area contributed by atoms with Gasteiger partial charge in [-0.05, 0) is 48.4 Å². The van der Waals surface area contributed by atoms with Crippen molar-refractivity contribution in [2.24, 2.45) is 10.9 Å². The zero-order valence-corrected chi connectivity index (χ0v) is 12.1. The van der Waals surface area contributed by atoms with Gasteiger partial charge < -0.3 is 15.7 Å². The molecule has 0 saturated heterocycles. The fourth-order valence-electron chi connectivity index (χ4n) is 1.79. The Balaban J connectivity index is 2.15. The molecule has 0 bridgehead atoms. The molecule has 6 heteroatoms. The van der Waals surface area contributed by atoms with Crippen molar-refractivity contribution in [1.29, 1.82) is 0 Å². The fourth-order valence-corrected chi connectivity index (χ4v) is 2.02. The van der Waals surface area contributed by atoms with Gasteiger partial charge in [-0.3, -0.25) is 0 Å². The molecule has 0 radical (unpaired) electrons. The topological polar surface area (TPSA) is 67.8 Å². The van der Waals surface area contributed by atoms with Crippen molar-refractivity contribution in [2.75, 3.05) is 0 Å². The van der Waals surface area contributed by atoms with Crippen LogP contribution in [0.5, 0.6) is 5.75 Å². The van der Waals surface area contributed by atoms with E-state index in [2.05, 4.69) is 5.16 Å². The van der Waals surface area contributed by atoms with Crippen molar-refractivity contribution in [3.8, 4) is 5.75 Å². The van der Waals surface area contributed by atoms with E-state index in [0.717, 1.165) is 11.1 Å². The maximum atomic E-state index is 13.2. The number of oxime groups is 1. The molecule has 2 aromatic rings. The van der Waals surface area contributed by atoms with Crippen LogP contribution in [0.25, 0.3) is 0 Å². The lowest BCUT2D eigenvalue weighted by atomic mass is 10.1. The average molecular weight is 309 g/mol. The Morgan fingerprint density at radius 2 is 2.10 bits per heavy atom. The van der Waals surface area contributed by atoms with Gasteiger partial charge in [-0.2, -0.15) is 0 Å². The molecule has 4 nitrogen and oxygen atoms in total. The molecule has 0 aliphatic rings. The molecule has 0 fully saturated rings. The lowest BCUT2D eigenvalue weighted by molar-refractivity contribution is 0.305. The van der Waals surface area contributed by atoms with E-state index in [0.29, 0.717) is 16.3 Å². The van der Waals surface area contributed by atoms with Crippen molar-refractivity contribution in [1.82, 2.24) is 0 Å². The van der Waals surface area contributed by atoms with Gasteiger partial charge in [0.15, 0.2) is 5.84 Å². The number of amidine groups is 1. The lowest BCUT2D eigenvalue weighted by Gasteiger charge is -2.11. The molecular formula is C15H14ClFN2O2. The first-order chi connectivity index (χ1) is 10.0. The van der Waals surface area contributed by atoms with Gasteiger partial charge in [0.05, 0.1) is 5.02 Å². The zero-order valence-electron chi connectivity index (χ0n) is 11.3. The molecule has 2 rings (SSSR count). The predicted molar refractivity (Wildman–Crippen MR) is 79.4 cm³/mol. The third-order valence-corrected chi connectivity index (χ3v) is 3.33. The van der Waals surface area contributed by atoms with E-state index in [1.807, 2.05) is 6.92 Å². The van der Waals surface area contributed by atoms with Crippen LogP contribution in [0, 0.1) is 12.7 Å². The van der Waals surface area contributed by atoms with Gasteiger partial charge in [-0.15, -0.1) is 0 Å². The van der Waals surface area contributed by atoms with Gasteiger partial charge in [0.25, 0.3) is 0 Å². The number of hydrogen-bond donors (Lipinski definition) is 2. The molecule has 0 aliphatic heterocycles. The molecule has 0 aromatic heterocycles. The Kier molecular flexibility index (Phi) is 4.65. The van der Waals surface area contributed by atoms with E-state index in [1.54, 1.807) is 18.2 Å². The molecule has 0 heterocycles. The number of rotatable bonds is 4. The summed E-state index contributed by atoms with van der Waals surface area (Å²) in [5.41, 5.74) is 7.63. The molecule has 0 saturated carbocycles. The number of benzene rings is 2. The summed E-state index contributed by atoms with van der Waals surface area (Å²) in [5, 5.41) is 11.8. The van der Waals surface area contributed by atoms with Gasteiger partial charge in [0.1, 0.15) is 18.2 Å². The summed E-state index contributed by atoms with van der Waals surface area (Å²) in [5.74, 6) is 0.0896. The van der Waals surface area contributed by atoms with Gasteiger partial charge in [-0.25, -0.2) is 4.39 Å². The number of aryl methyl sites for hydroxylation is 1. The molecule has 0 amide bonds. The number of halogens is 2. The van der Waals surface area contributed by atoms with Crippen LogP contribution in [0.4, 0.5) is 4.39 Å². The quantitative estimate of drug-likeness (QED) is 0.393. The summed E-state index contributed by atoms with van der Waals surface area (Å²) in [4.78, 5) is 0. The summed E-state index contributed by atoms with van der Waals surface area (Å²) in [6.45, 7) is 2.08. The normalized spacial score (nSPS) is 11.5. The van der Waals surface area contributed by atoms with E-state index in [9.17, 15) is 4.39 Å². The second kappa shape index (κ2) is 6.45. The van der Waals surface area contributed by atoms with Gasteiger partial charge in [0, 0.05) is 5.56 Å². The Morgan fingerprint density at radius 1 is 1.33 bits per heavy atom. The number of hydrogen-bond acceptors (Lipinski definition) is 3. The van der Waals surface area contributed by atoms with Crippen molar-refractivity contribution in [3.05, 3.63) is 63.9 Å². The van der Waals surface area contributed by atoms with Crippen LogP contribution in [0.2, 0.25) is 5.02 Å². The van der Waals surface area contributed by atoms with E-state index in [4.69, 9.17) is 27.3 Å². The van der Waals surface area contributed by atoms with Crippen LogP contribution in [0.3, 0.4) is 0 Å². The minimum atomic E-state index is -0.312. The van der Waals surface area contributed by atoms with Gasteiger partial charge >= 0.3 is 0 Å². The standard InChI is InChI=1S/C15H14ClFN2O2/c1-9-2-4-12(17)6-11(9)8-21-14-5-3-10(7-13(14)16)15(18)19-20/h2-7,20H,8H2,1H3,(H2,18,19). The summed E-state index contributed by atoms with van der Waals surface area (Å²) >= 11 is 6.08. The maximum absolute atomic E-state index is 13.2. The highest BCUT2D eigenvalue weighted by atomic mass is 35.5. The molecular weight excluding hydrogens is 295 g/mol. The van der Waals surface area contributed by atoms with E-state index < -0.39 is 0 Å². The highest BCUT2D eigenvalue weighted by molar-refractivity contribution is 6.32. The molecule has 21 heavy (non-hydrogen) atoms. The average Bonchev–Trinajstić information content (AvgIpc) is 2.48. The minimum Gasteiger partial charge on any atom is -0.487 e. The number of nitrogens with two attached hydrogens (primary N) is 1. The highest BCUT2D eigenvalue weighted by Crippen LogP contribution is 2.26. The van der Waals surface area contributed by atoms with E-state index in [-0.39, 0.29) is 18.3 Å². The molecule has 3 N–H and O–H groups in total. The molecule has 110 valence electrons. The summed E-state index contributed by atoms with van der Waals surface area (Å²) in [7, 11) is 0. The second-order valence-corrected chi connectivity index (χ2v) is 4.90. The highest BCUT2D eigenvalue weighted by Gasteiger charge is 2.08. The Bertz CT molecular complexity index is 689. The molecule has 0 atom stereocenters. The lowest BCUT2D eigenvalue weighted by Crippen LogP contribution is -2.12. The molecule has 0 unspecified atom stereocenters.